The number of carbonyl (C=O) groups excluding carboxylic acids is 1. The summed E-state index contributed by atoms with van der Waals surface area (Å²) in [5, 5.41) is 3.29. The van der Waals surface area contributed by atoms with E-state index < -0.39 is 5.60 Å². The molecule has 0 aliphatic carbocycles. The Labute approximate surface area is 142 Å². The van der Waals surface area contributed by atoms with Crippen molar-refractivity contribution in [2.75, 3.05) is 36.9 Å². The third-order valence-corrected chi connectivity index (χ3v) is 3.67. The maximum Gasteiger partial charge on any atom is 0.410 e. The van der Waals surface area contributed by atoms with Crippen molar-refractivity contribution < 1.29 is 9.53 Å². The molecule has 1 aromatic heterocycles. The molecule has 1 aliphatic heterocycles. The largest absolute Gasteiger partial charge is 0.444 e. The summed E-state index contributed by atoms with van der Waals surface area (Å²) in [6.07, 6.45) is -0.277. The SMILES string of the molecule is CNc1nc(Cl)cc(N2CCN(C(=O)OC(C)(C)C)C[C@H]2C)n1. The highest BCUT2D eigenvalue weighted by Crippen LogP contribution is 2.23. The fourth-order valence-electron chi connectivity index (χ4n) is 2.45. The molecule has 2 heterocycles. The zero-order chi connectivity index (χ0) is 17.2. The minimum absolute atomic E-state index is 0.104. The quantitative estimate of drug-likeness (QED) is 0.834. The number of rotatable bonds is 2. The highest BCUT2D eigenvalue weighted by Gasteiger charge is 2.30. The number of hydrogen-bond donors (Lipinski definition) is 1. The van der Waals surface area contributed by atoms with Gasteiger partial charge in [0.05, 0.1) is 0 Å². The molecule has 1 aromatic rings. The van der Waals surface area contributed by atoms with Crippen LogP contribution in [0, 0.1) is 0 Å². The van der Waals surface area contributed by atoms with Crippen molar-refractivity contribution in [3.05, 3.63) is 11.2 Å². The van der Waals surface area contributed by atoms with Crippen LogP contribution in [0.4, 0.5) is 16.6 Å². The first-order chi connectivity index (χ1) is 10.7. The zero-order valence-electron chi connectivity index (χ0n) is 14.3. The lowest BCUT2D eigenvalue weighted by Gasteiger charge is -2.40. The molecule has 0 aromatic carbocycles. The number of ether oxygens (including phenoxy) is 1. The van der Waals surface area contributed by atoms with Gasteiger partial charge in [0.1, 0.15) is 16.6 Å². The molecule has 0 bridgehead atoms. The van der Waals surface area contributed by atoms with E-state index in [9.17, 15) is 4.79 Å². The van der Waals surface area contributed by atoms with Gasteiger partial charge in [-0.2, -0.15) is 4.98 Å². The standard InChI is InChI=1S/C15H24ClN5O2/c1-10-9-20(14(22)23-15(2,3)4)6-7-21(10)12-8-11(16)18-13(17-5)19-12/h8,10H,6-7,9H2,1-5H3,(H,17,18,19)/t10-/m1/s1. The smallest absolute Gasteiger partial charge is 0.410 e. The maximum atomic E-state index is 12.2. The number of amides is 1. The van der Waals surface area contributed by atoms with Gasteiger partial charge in [0.15, 0.2) is 0 Å². The minimum atomic E-state index is -0.487. The molecule has 1 N–H and O–H groups in total. The number of hydrogen-bond acceptors (Lipinski definition) is 6. The lowest BCUT2D eigenvalue weighted by atomic mass is 10.2. The van der Waals surface area contributed by atoms with Gasteiger partial charge in [-0.1, -0.05) is 11.6 Å². The molecule has 2 rings (SSSR count). The van der Waals surface area contributed by atoms with Gasteiger partial charge in [-0.25, -0.2) is 9.78 Å². The Morgan fingerprint density at radius 3 is 2.65 bits per heavy atom. The van der Waals surface area contributed by atoms with Gasteiger partial charge in [0.25, 0.3) is 0 Å². The van der Waals surface area contributed by atoms with Gasteiger partial charge < -0.3 is 19.9 Å². The molecule has 1 aliphatic rings. The first-order valence-electron chi connectivity index (χ1n) is 7.66. The van der Waals surface area contributed by atoms with Crippen molar-refractivity contribution in [3.8, 4) is 0 Å². The molecule has 0 radical (unpaired) electrons. The molecule has 23 heavy (non-hydrogen) atoms. The molecule has 1 atom stereocenters. The lowest BCUT2D eigenvalue weighted by molar-refractivity contribution is 0.0218. The molecule has 128 valence electrons. The first kappa shape index (κ1) is 17.6. The lowest BCUT2D eigenvalue weighted by Crippen LogP contribution is -2.54. The number of anilines is 2. The highest BCUT2D eigenvalue weighted by molar-refractivity contribution is 6.29. The third-order valence-electron chi connectivity index (χ3n) is 3.48. The third kappa shape index (κ3) is 4.60. The Hall–Kier alpha value is -1.76. The summed E-state index contributed by atoms with van der Waals surface area (Å²) in [6.45, 7) is 9.47. The Morgan fingerprint density at radius 2 is 2.09 bits per heavy atom. The van der Waals surface area contributed by atoms with Crippen LogP contribution in [0.25, 0.3) is 0 Å². The van der Waals surface area contributed by atoms with Gasteiger partial charge in [0, 0.05) is 38.8 Å². The summed E-state index contributed by atoms with van der Waals surface area (Å²) in [5.41, 5.74) is -0.487. The van der Waals surface area contributed by atoms with Crippen LogP contribution >= 0.6 is 11.6 Å². The molecule has 0 spiro atoms. The highest BCUT2D eigenvalue weighted by atomic mass is 35.5. The van der Waals surface area contributed by atoms with Crippen LogP contribution in [0.3, 0.4) is 0 Å². The number of carbonyl (C=O) groups is 1. The van der Waals surface area contributed by atoms with Crippen LogP contribution in [0.5, 0.6) is 0 Å². The summed E-state index contributed by atoms with van der Waals surface area (Å²) >= 11 is 6.05. The normalized spacial score (nSPS) is 18.8. The monoisotopic (exact) mass is 341 g/mol. The van der Waals surface area contributed by atoms with Gasteiger partial charge in [-0.15, -0.1) is 0 Å². The average molecular weight is 342 g/mol. The Morgan fingerprint density at radius 1 is 1.39 bits per heavy atom. The van der Waals surface area contributed by atoms with E-state index in [-0.39, 0.29) is 12.1 Å². The summed E-state index contributed by atoms with van der Waals surface area (Å²) in [4.78, 5) is 24.6. The number of nitrogens with one attached hydrogen (secondary N) is 1. The van der Waals surface area contributed by atoms with Crippen LogP contribution in [-0.2, 0) is 4.74 Å². The second-order valence-electron chi connectivity index (χ2n) is 6.59. The summed E-state index contributed by atoms with van der Waals surface area (Å²) in [7, 11) is 1.75. The van der Waals surface area contributed by atoms with E-state index in [1.165, 1.54) is 0 Å². The summed E-state index contributed by atoms with van der Waals surface area (Å²) in [6, 6.07) is 1.84. The predicted octanol–water partition coefficient (Wildman–Crippen LogP) is 2.62. The second-order valence-corrected chi connectivity index (χ2v) is 6.98. The fourth-order valence-corrected chi connectivity index (χ4v) is 2.63. The first-order valence-corrected chi connectivity index (χ1v) is 8.04. The van der Waals surface area contributed by atoms with Gasteiger partial charge in [-0.3, -0.25) is 0 Å². The van der Waals surface area contributed by atoms with Crippen LogP contribution in [-0.4, -0.2) is 59.3 Å². The van der Waals surface area contributed by atoms with Crippen LogP contribution in [0.1, 0.15) is 27.7 Å². The van der Waals surface area contributed by atoms with Crippen molar-refractivity contribution in [1.29, 1.82) is 0 Å². The molecule has 0 unspecified atom stereocenters. The predicted molar refractivity (Wildman–Crippen MR) is 91.2 cm³/mol. The maximum absolute atomic E-state index is 12.2. The van der Waals surface area contributed by atoms with Crippen molar-refractivity contribution in [2.24, 2.45) is 0 Å². The van der Waals surface area contributed by atoms with Crippen molar-refractivity contribution in [3.63, 3.8) is 0 Å². The van der Waals surface area contributed by atoms with Crippen molar-refractivity contribution in [2.45, 2.75) is 39.3 Å². The average Bonchev–Trinajstić information content (AvgIpc) is 2.44. The molecule has 8 heteroatoms. The van der Waals surface area contributed by atoms with Gasteiger partial charge in [0.2, 0.25) is 5.95 Å². The number of piperazine rings is 1. The molecule has 7 nitrogen and oxygen atoms in total. The number of nitrogens with zero attached hydrogens (tertiary/aromatic N) is 4. The van der Waals surface area contributed by atoms with E-state index in [4.69, 9.17) is 16.3 Å². The van der Waals surface area contributed by atoms with Crippen LogP contribution < -0.4 is 10.2 Å². The summed E-state index contributed by atoms with van der Waals surface area (Å²) < 4.78 is 5.43. The zero-order valence-corrected chi connectivity index (χ0v) is 15.0. The molecule has 1 amide bonds. The van der Waals surface area contributed by atoms with E-state index in [0.717, 1.165) is 5.82 Å². The molecular formula is C15H24ClN5O2. The number of halogens is 1. The molecule has 1 saturated heterocycles. The van der Waals surface area contributed by atoms with Crippen LogP contribution in [0.15, 0.2) is 6.07 Å². The van der Waals surface area contributed by atoms with Gasteiger partial charge in [-0.05, 0) is 27.7 Å². The van der Waals surface area contributed by atoms with E-state index in [1.54, 1.807) is 18.0 Å². The van der Waals surface area contributed by atoms with Crippen molar-refractivity contribution in [1.82, 2.24) is 14.9 Å². The van der Waals surface area contributed by atoms with Gasteiger partial charge >= 0.3 is 6.09 Å². The van der Waals surface area contributed by atoms with E-state index in [1.807, 2.05) is 27.7 Å². The van der Waals surface area contributed by atoms with E-state index in [2.05, 4.69) is 20.2 Å². The van der Waals surface area contributed by atoms with Crippen LogP contribution in [0.2, 0.25) is 5.15 Å². The molecule has 1 fully saturated rings. The van der Waals surface area contributed by atoms with Crippen molar-refractivity contribution >= 4 is 29.5 Å². The fraction of sp³-hybridized carbons (Fsp3) is 0.667. The Balaban J connectivity index is 2.07. The topological polar surface area (TPSA) is 70.6 Å². The molecular weight excluding hydrogens is 318 g/mol. The van der Waals surface area contributed by atoms with E-state index >= 15 is 0 Å². The minimum Gasteiger partial charge on any atom is -0.444 e. The second kappa shape index (κ2) is 6.78. The Bertz CT molecular complexity index is 575. The number of aromatic nitrogens is 2. The van der Waals surface area contributed by atoms with E-state index in [0.29, 0.717) is 30.7 Å². The Kier molecular flexibility index (Phi) is 5.19. The molecule has 0 saturated carbocycles. The summed E-state index contributed by atoms with van der Waals surface area (Å²) in [5.74, 6) is 1.24.